The Morgan fingerprint density at radius 2 is 2.00 bits per heavy atom. The zero-order valence-electron chi connectivity index (χ0n) is 19.1. The summed E-state index contributed by atoms with van der Waals surface area (Å²) in [7, 11) is 1.58. The molecule has 0 amide bonds. The minimum absolute atomic E-state index is 0.0164. The van der Waals surface area contributed by atoms with Gasteiger partial charge in [0.1, 0.15) is 10.6 Å². The molecule has 178 valence electrons. The van der Waals surface area contributed by atoms with Crippen LogP contribution in [0.3, 0.4) is 0 Å². The van der Waals surface area contributed by atoms with Crippen LogP contribution in [-0.2, 0) is 22.6 Å². The third-order valence-corrected chi connectivity index (χ3v) is 8.24. The number of carboxylic acid groups (broad SMARTS) is 1. The molecule has 34 heavy (non-hydrogen) atoms. The van der Waals surface area contributed by atoms with E-state index in [1.807, 2.05) is 0 Å². The van der Waals surface area contributed by atoms with E-state index in [2.05, 4.69) is 24.0 Å². The summed E-state index contributed by atoms with van der Waals surface area (Å²) in [5.41, 5.74) is 1.41. The van der Waals surface area contributed by atoms with Crippen molar-refractivity contribution in [1.82, 2.24) is 19.2 Å². The van der Waals surface area contributed by atoms with Crippen molar-refractivity contribution in [2.45, 2.75) is 50.3 Å². The number of methoxy groups -OCH3 is 1. The van der Waals surface area contributed by atoms with Crippen molar-refractivity contribution in [1.29, 1.82) is 0 Å². The Hall–Kier alpha value is -2.89. The van der Waals surface area contributed by atoms with Crippen molar-refractivity contribution in [2.75, 3.05) is 7.11 Å². The maximum Gasteiger partial charge on any atom is 0.268 e. The van der Waals surface area contributed by atoms with Gasteiger partial charge in [0.2, 0.25) is 5.78 Å². The van der Waals surface area contributed by atoms with E-state index in [1.54, 1.807) is 35.8 Å². The van der Waals surface area contributed by atoms with Gasteiger partial charge >= 0.3 is 0 Å². The van der Waals surface area contributed by atoms with Gasteiger partial charge in [0, 0.05) is 16.5 Å². The number of hydrogen-bond donors (Lipinski definition) is 0. The third kappa shape index (κ3) is 3.68. The molecule has 0 spiro atoms. The number of thiophene rings is 1. The van der Waals surface area contributed by atoms with Crippen molar-refractivity contribution in [3.8, 4) is 11.4 Å². The van der Waals surface area contributed by atoms with Crippen molar-refractivity contribution in [3.63, 3.8) is 0 Å². The fraction of sp³-hybridized carbons (Fsp3) is 0.391. The van der Waals surface area contributed by atoms with E-state index in [0.29, 0.717) is 51.5 Å². The van der Waals surface area contributed by atoms with Crippen LogP contribution in [-0.4, -0.2) is 43.6 Å². The minimum Gasteiger partial charge on any atom is -0.549 e. The Labute approximate surface area is 203 Å². The molecule has 0 fully saturated rings. The largest absolute Gasteiger partial charge is 0.549 e. The highest BCUT2D eigenvalue weighted by molar-refractivity contribution is 8.00. The molecule has 0 saturated carbocycles. The first kappa shape index (κ1) is 22.9. The zero-order valence-corrected chi connectivity index (χ0v) is 20.7. The lowest BCUT2D eigenvalue weighted by Gasteiger charge is -2.26. The average molecular weight is 500 g/mol. The predicted octanol–water partition coefficient (Wildman–Crippen LogP) is 2.43. The summed E-state index contributed by atoms with van der Waals surface area (Å²) < 4.78 is 14.6. The number of thioether (sulfide) groups is 1. The highest BCUT2D eigenvalue weighted by Gasteiger charge is 2.30. The highest BCUT2D eigenvalue weighted by Crippen LogP contribution is 2.38. The van der Waals surface area contributed by atoms with Gasteiger partial charge in [-0.1, -0.05) is 25.6 Å². The maximum atomic E-state index is 14.0. The summed E-state index contributed by atoms with van der Waals surface area (Å²) in [6, 6.07) is 7.13. The first-order valence-corrected chi connectivity index (χ1v) is 12.6. The lowest BCUT2D eigenvalue weighted by molar-refractivity contribution is -0.304. The molecule has 11 heteroatoms. The molecule has 4 aromatic rings. The number of nitrogens with zero attached hydrogens (tertiary/aromatic N) is 4. The van der Waals surface area contributed by atoms with Gasteiger partial charge in [-0.15, -0.1) is 21.5 Å². The molecule has 1 aromatic carbocycles. The van der Waals surface area contributed by atoms with Crippen LogP contribution in [0.15, 0.2) is 34.2 Å². The van der Waals surface area contributed by atoms with Crippen molar-refractivity contribution in [3.05, 3.63) is 45.1 Å². The number of hydrogen-bond acceptors (Lipinski definition) is 9. The first-order valence-electron chi connectivity index (χ1n) is 10.9. The molecule has 0 bridgehead atoms. The van der Waals surface area contributed by atoms with E-state index in [0.717, 1.165) is 22.2 Å². The van der Waals surface area contributed by atoms with Crippen LogP contribution >= 0.6 is 23.1 Å². The molecule has 9 nitrogen and oxygen atoms in total. The monoisotopic (exact) mass is 499 g/mol. The number of rotatable bonds is 6. The summed E-state index contributed by atoms with van der Waals surface area (Å²) in [4.78, 5) is 27.1. The molecule has 0 unspecified atom stereocenters. The summed E-state index contributed by atoms with van der Waals surface area (Å²) in [6.07, 6.45) is 0.652. The number of carboxylic acids is 1. The minimum atomic E-state index is -1.19. The van der Waals surface area contributed by atoms with Crippen molar-refractivity contribution < 1.29 is 19.4 Å². The highest BCUT2D eigenvalue weighted by atomic mass is 32.2. The summed E-state index contributed by atoms with van der Waals surface area (Å²) >= 11 is 2.51. The van der Waals surface area contributed by atoms with Crippen LogP contribution in [0.25, 0.3) is 21.7 Å². The van der Waals surface area contributed by atoms with Gasteiger partial charge in [-0.3, -0.25) is 4.79 Å². The molecular formula is C23H23N4O5S2-. The van der Waals surface area contributed by atoms with Crippen LogP contribution in [0.5, 0.6) is 5.75 Å². The second-order valence-corrected chi connectivity index (χ2v) is 10.9. The van der Waals surface area contributed by atoms with Crippen LogP contribution in [0.1, 0.15) is 31.2 Å². The van der Waals surface area contributed by atoms with Crippen LogP contribution in [0.2, 0.25) is 0 Å². The number of aromatic nitrogens is 4. The lowest BCUT2D eigenvalue weighted by Crippen LogP contribution is -2.31. The standard InChI is InChI=1S/C23H24N4O5S2/c1-11(2)16-9-15-17(10-32-16)34-20-18(15)19(28)26(13-5-7-14(31-4)8-6-13)22-24-25-23(27(20)22)33-12(3)21(29)30/h5-8,11-12,16H,9-10H2,1-4H3,(H,29,30)/p-1/t12-,16-/m1/s1. The fourth-order valence-electron chi connectivity index (χ4n) is 4.11. The van der Waals surface area contributed by atoms with Gasteiger partial charge in [0.25, 0.3) is 5.56 Å². The quantitative estimate of drug-likeness (QED) is 0.372. The molecule has 1 aliphatic rings. The second-order valence-electron chi connectivity index (χ2n) is 8.52. The van der Waals surface area contributed by atoms with Gasteiger partial charge in [0.05, 0.1) is 36.9 Å². The molecule has 0 saturated heterocycles. The third-order valence-electron chi connectivity index (χ3n) is 6.03. The molecule has 4 heterocycles. The van der Waals surface area contributed by atoms with Crippen molar-refractivity contribution >= 4 is 45.1 Å². The molecule has 5 rings (SSSR count). The summed E-state index contributed by atoms with van der Waals surface area (Å²) in [6.45, 7) is 6.18. The molecule has 1 aliphatic heterocycles. The van der Waals surface area contributed by atoms with Crippen molar-refractivity contribution in [2.24, 2.45) is 5.92 Å². The number of carbonyl (C=O) groups excluding carboxylic acids is 1. The van der Waals surface area contributed by atoms with Gasteiger partial charge in [-0.05, 0) is 42.7 Å². The van der Waals surface area contributed by atoms with Gasteiger partial charge in [-0.2, -0.15) is 0 Å². The van der Waals surface area contributed by atoms with E-state index in [-0.39, 0.29) is 11.7 Å². The summed E-state index contributed by atoms with van der Waals surface area (Å²) in [5.74, 6) is 0.0931. The lowest BCUT2D eigenvalue weighted by atomic mass is 9.96. The van der Waals surface area contributed by atoms with E-state index < -0.39 is 11.2 Å². The SMILES string of the molecule is COc1ccc(-n2c(=O)c3c4c(sc3n3c(S[C@H](C)C(=O)[O-])nnc23)CO[C@@H](C(C)C)C4)cc1. The average Bonchev–Trinajstić information content (AvgIpc) is 3.40. The molecule has 3 aromatic heterocycles. The van der Waals surface area contributed by atoms with Gasteiger partial charge in [-0.25, -0.2) is 8.97 Å². The Bertz CT molecular complexity index is 1450. The Morgan fingerprint density at radius 1 is 1.26 bits per heavy atom. The topological polar surface area (TPSA) is 111 Å². The number of carbonyl (C=O) groups is 1. The Kier molecular flexibility index (Phi) is 5.86. The zero-order chi connectivity index (χ0) is 24.1. The second kappa shape index (κ2) is 8.71. The molecule has 0 radical (unpaired) electrons. The molecular weight excluding hydrogens is 476 g/mol. The van der Waals surface area contributed by atoms with E-state index >= 15 is 0 Å². The van der Waals surface area contributed by atoms with Crippen LogP contribution in [0, 0.1) is 5.92 Å². The van der Waals surface area contributed by atoms with E-state index in [1.165, 1.54) is 22.8 Å². The molecule has 2 atom stereocenters. The van der Waals surface area contributed by atoms with E-state index in [9.17, 15) is 14.7 Å². The number of ether oxygens (including phenoxy) is 2. The first-order chi connectivity index (χ1) is 16.3. The Morgan fingerprint density at radius 3 is 2.65 bits per heavy atom. The summed E-state index contributed by atoms with van der Waals surface area (Å²) in [5, 5.41) is 20.1. The molecule has 0 aliphatic carbocycles. The van der Waals surface area contributed by atoms with Crippen LogP contribution < -0.4 is 15.4 Å². The number of aliphatic carboxylic acids is 1. The molecule has 0 N–H and O–H groups in total. The Balaban J connectivity index is 1.82. The normalized spacial score (nSPS) is 16.8. The smallest absolute Gasteiger partial charge is 0.268 e. The van der Waals surface area contributed by atoms with Gasteiger partial charge < -0.3 is 19.4 Å². The van der Waals surface area contributed by atoms with E-state index in [4.69, 9.17) is 9.47 Å². The predicted molar refractivity (Wildman–Crippen MR) is 128 cm³/mol. The fourth-order valence-corrected chi connectivity index (χ4v) is 6.19. The van der Waals surface area contributed by atoms with Gasteiger partial charge in [0.15, 0.2) is 5.16 Å². The maximum absolute atomic E-state index is 14.0. The number of fused-ring (bicyclic) bond motifs is 5. The number of benzene rings is 1. The van der Waals surface area contributed by atoms with Crippen LogP contribution in [0.4, 0.5) is 0 Å².